The van der Waals surface area contributed by atoms with Crippen LogP contribution in [0.25, 0.3) is 0 Å². The zero-order chi connectivity index (χ0) is 52.4. The third-order valence-corrected chi connectivity index (χ3v) is 11.9. The number of carbonyl (C=O) groups excluding carboxylic acids is 1. The van der Waals surface area contributed by atoms with Gasteiger partial charge in [-0.15, -0.1) is 5.10 Å². The summed E-state index contributed by atoms with van der Waals surface area (Å²) in [6, 6.07) is 22.6. The van der Waals surface area contributed by atoms with Gasteiger partial charge in [0, 0.05) is 38.2 Å². The molecule has 0 radical (unpaired) electrons. The van der Waals surface area contributed by atoms with Crippen molar-refractivity contribution in [2.45, 2.75) is 97.4 Å². The van der Waals surface area contributed by atoms with E-state index >= 15 is 0 Å². The van der Waals surface area contributed by atoms with E-state index in [9.17, 15) is 9.59 Å². The summed E-state index contributed by atoms with van der Waals surface area (Å²) in [5.74, 6) is 3.73. The Balaban J connectivity index is 0.805. The normalized spacial score (nSPS) is 14.8. The van der Waals surface area contributed by atoms with Gasteiger partial charge in [-0.05, 0) is 73.2 Å². The molecule has 1 atom stereocenters. The molecular weight excluding hydrogens is 965 g/mol. The Morgan fingerprint density at radius 1 is 0.693 bits per heavy atom. The molecule has 3 aromatic carbocycles. The molecule has 3 heterocycles. The number of benzene rings is 3. The number of nitrogens with one attached hydrogen (secondary N) is 4. The predicted octanol–water partition coefficient (Wildman–Crippen LogP) is 7.61. The lowest BCUT2D eigenvalue weighted by atomic mass is 9.96. The molecule has 5 aromatic rings. The number of anilines is 1. The number of para-hydroxylation sites is 2. The minimum Gasteiger partial charge on any atom is -0.491 e. The summed E-state index contributed by atoms with van der Waals surface area (Å²) in [5, 5.41) is 17.5. The molecule has 75 heavy (non-hydrogen) atoms. The van der Waals surface area contributed by atoms with E-state index in [1.165, 1.54) is 6.07 Å². The molecule has 1 aliphatic heterocycles. The first kappa shape index (κ1) is 58.0. The number of aromatic amines is 1. The van der Waals surface area contributed by atoms with E-state index in [4.69, 9.17) is 47.4 Å². The largest absolute Gasteiger partial charge is 0.491 e. The van der Waals surface area contributed by atoms with E-state index in [0.29, 0.717) is 142 Å². The molecule has 410 valence electrons. The maximum absolute atomic E-state index is 12.5. The molecular formula is C55H78N8O12. The van der Waals surface area contributed by atoms with Gasteiger partial charge in [0.2, 0.25) is 5.95 Å². The second-order valence-corrected chi connectivity index (χ2v) is 17.8. The highest BCUT2D eigenvalue weighted by atomic mass is 16.6. The molecule has 0 bridgehead atoms. The number of amides is 2. The highest BCUT2D eigenvalue weighted by Gasteiger charge is 2.15. The van der Waals surface area contributed by atoms with Crippen molar-refractivity contribution in [3.05, 3.63) is 112 Å². The van der Waals surface area contributed by atoms with E-state index in [1.807, 2.05) is 77.6 Å². The van der Waals surface area contributed by atoms with Crippen LogP contribution >= 0.6 is 0 Å². The summed E-state index contributed by atoms with van der Waals surface area (Å²) in [6.07, 6.45) is 9.59. The molecule has 1 unspecified atom stereocenters. The van der Waals surface area contributed by atoms with Gasteiger partial charge in [-0.2, -0.15) is 0 Å². The molecule has 4 N–H and O–H groups in total. The van der Waals surface area contributed by atoms with Crippen molar-refractivity contribution in [2.75, 3.05) is 104 Å². The Hall–Kier alpha value is -6.29. The second kappa shape index (κ2) is 35.1. The Morgan fingerprint density at radius 2 is 1.31 bits per heavy atom. The van der Waals surface area contributed by atoms with Gasteiger partial charge in [-0.1, -0.05) is 75.1 Å². The zero-order valence-electron chi connectivity index (χ0n) is 43.9. The van der Waals surface area contributed by atoms with Gasteiger partial charge in [-0.3, -0.25) is 19.8 Å². The van der Waals surface area contributed by atoms with Crippen LogP contribution in [0.15, 0.2) is 83.8 Å². The first-order chi connectivity index (χ1) is 36.9. The molecule has 2 amide bonds. The van der Waals surface area contributed by atoms with Crippen molar-refractivity contribution in [1.82, 2.24) is 35.6 Å². The number of carbonyl (C=O) groups is 1. The Labute approximate surface area is 440 Å². The fourth-order valence-electron chi connectivity index (χ4n) is 7.90. The molecule has 6 rings (SSSR count). The number of aromatic nitrogens is 5. The first-order valence-electron chi connectivity index (χ1n) is 26.5. The van der Waals surface area contributed by atoms with Gasteiger partial charge in [-0.25, -0.2) is 9.78 Å². The van der Waals surface area contributed by atoms with Gasteiger partial charge < -0.3 is 58.0 Å². The average Bonchev–Trinajstić information content (AvgIpc) is 3.87. The van der Waals surface area contributed by atoms with Crippen LogP contribution < -0.4 is 45.2 Å². The number of hydrogen-bond acceptors (Lipinski definition) is 16. The third kappa shape index (κ3) is 23.0. The van der Waals surface area contributed by atoms with Gasteiger partial charge >= 0.3 is 6.03 Å². The highest BCUT2D eigenvalue weighted by Crippen LogP contribution is 2.29. The lowest BCUT2D eigenvalue weighted by Crippen LogP contribution is -2.31. The van der Waals surface area contributed by atoms with Crippen LogP contribution in [0.5, 0.6) is 28.7 Å². The van der Waals surface area contributed by atoms with Gasteiger partial charge in [0.1, 0.15) is 44.5 Å². The molecule has 0 fully saturated rings. The van der Waals surface area contributed by atoms with Crippen LogP contribution in [0, 0.1) is 0 Å². The number of unbranched alkanes of at least 4 members (excludes halogenated alkanes) is 4. The van der Waals surface area contributed by atoms with E-state index in [0.717, 1.165) is 86.2 Å². The minimum atomic E-state index is -0.385. The average molecular weight is 1040 g/mol. The maximum Gasteiger partial charge on any atom is 0.321 e. The van der Waals surface area contributed by atoms with Crippen LogP contribution in [0.2, 0.25) is 0 Å². The first-order valence-corrected chi connectivity index (χ1v) is 26.5. The van der Waals surface area contributed by atoms with E-state index in [-0.39, 0.29) is 23.5 Å². The number of aryl methyl sites for hydroxylation is 1. The van der Waals surface area contributed by atoms with Crippen LogP contribution in [-0.2, 0) is 49.9 Å². The van der Waals surface area contributed by atoms with E-state index < -0.39 is 0 Å². The summed E-state index contributed by atoms with van der Waals surface area (Å²) in [6.45, 7) is 12.8. The topological polar surface area (TPSA) is 222 Å². The fourth-order valence-corrected chi connectivity index (χ4v) is 7.90. The van der Waals surface area contributed by atoms with Crippen molar-refractivity contribution in [1.29, 1.82) is 0 Å². The standard InChI is InChI=1S/C55H78N8O12/c1-3-5-12-45(4-2)48-38-53(64)59-54(58-48)60-55(65)57-21-10-6-7-11-22-63-41-46(61-62-63)42-70-31-32-71-47-18-15-43(16-19-47)39-56-40-44-17-20-51-52(37-44)75-36-30-69-26-25-67-28-34-73-50-14-9-8-13-49(50)72-33-27-66-23-24-68-29-35-74-51/h8-9,13-20,37-38,41,45,56H,3-7,10-12,21-36,39-40,42H2,1-2H3,(H3,57,58,59,60,64,65). The highest BCUT2D eigenvalue weighted by molar-refractivity contribution is 5.87. The fraction of sp³-hybridized carbons (Fsp3) is 0.545. The van der Waals surface area contributed by atoms with Crippen molar-refractivity contribution in [3.8, 4) is 28.7 Å². The van der Waals surface area contributed by atoms with E-state index in [1.54, 1.807) is 0 Å². The quantitative estimate of drug-likeness (QED) is 0.0462. The molecule has 0 spiro atoms. The molecule has 20 heteroatoms. The molecule has 1 aliphatic rings. The van der Waals surface area contributed by atoms with Crippen LogP contribution in [-0.4, -0.2) is 130 Å². The summed E-state index contributed by atoms with van der Waals surface area (Å²) in [5.41, 5.74) is 3.38. The SMILES string of the molecule is CCCCC(CC)c1cc(=O)[nH]c(NC(=O)NCCCCCCn2cc(COCCOc3ccc(CNCc4ccc5c(c4)OCCOCCOCCOc4ccccc4OCCOCCOCCO5)cc3)nn2)n1. The number of ether oxygens (including phenoxy) is 10. The molecule has 0 saturated carbocycles. The van der Waals surface area contributed by atoms with Gasteiger partial charge in [0.05, 0.1) is 78.0 Å². The smallest absolute Gasteiger partial charge is 0.321 e. The summed E-state index contributed by atoms with van der Waals surface area (Å²) < 4.78 is 60.4. The zero-order valence-corrected chi connectivity index (χ0v) is 43.9. The lowest BCUT2D eigenvalue weighted by Gasteiger charge is -2.15. The Kier molecular flexibility index (Phi) is 27.1. The molecule has 0 saturated heterocycles. The number of nitrogens with zero attached hydrogens (tertiary/aromatic N) is 4. The summed E-state index contributed by atoms with van der Waals surface area (Å²) in [4.78, 5) is 31.8. The number of H-pyrrole nitrogens is 1. The maximum atomic E-state index is 12.5. The van der Waals surface area contributed by atoms with Gasteiger partial charge in [0.25, 0.3) is 5.56 Å². The summed E-state index contributed by atoms with van der Waals surface area (Å²) in [7, 11) is 0. The van der Waals surface area contributed by atoms with Gasteiger partial charge in [0.15, 0.2) is 23.0 Å². The second-order valence-electron chi connectivity index (χ2n) is 17.8. The van der Waals surface area contributed by atoms with Crippen molar-refractivity contribution in [3.63, 3.8) is 0 Å². The predicted molar refractivity (Wildman–Crippen MR) is 283 cm³/mol. The third-order valence-electron chi connectivity index (χ3n) is 11.9. The Morgan fingerprint density at radius 3 is 1.97 bits per heavy atom. The van der Waals surface area contributed by atoms with Crippen molar-refractivity contribution >= 4 is 12.0 Å². The molecule has 2 aromatic heterocycles. The number of hydrogen-bond donors (Lipinski definition) is 4. The van der Waals surface area contributed by atoms with Crippen molar-refractivity contribution < 1.29 is 52.2 Å². The van der Waals surface area contributed by atoms with Crippen LogP contribution in [0.3, 0.4) is 0 Å². The number of rotatable bonds is 23. The Bertz CT molecular complexity index is 2400. The van der Waals surface area contributed by atoms with E-state index in [2.05, 4.69) is 50.1 Å². The monoisotopic (exact) mass is 1040 g/mol. The summed E-state index contributed by atoms with van der Waals surface area (Å²) >= 11 is 0. The minimum absolute atomic E-state index is 0.174. The van der Waals surface area contributed by atoms with Crippen molar-refractivity contribution in [2.24, 2.45) is 0 Å². The molecule has 0 aliphatic carbocycles. The lowest BCUT2D eigenvalue weighted by molar-refractivity contribution is 0.0223. The number of fused-ring (bicyclic) bond motifs is 2. The number of urea groups is 1. The van der Waals surface area contributed by atoms with Crippen LogP contribution in [0.4, 0.5) is 10.7 Å². The molecule has 20 nitrogen and oxygen atoms in total. The van der Waals surface area contributed by atoms with Crippen LogP contribution in [0.1, 0.15) is 93.6 Å².